The molecule has 0 bridgehead atoms. The molecule has 3 aromatic heterocycles. The van der Waals surface area contributed by atoms with Crippen LogP contribution >= 0.6 is 0 Å². The molecule has 0 atom stereocenters. The lowest BCUT2D eigenvalue weighted by molar-refractivity contribution is -0.139. The third kappa shape index (κ3) is 5.64. The first-order chi connectivity index (χ1) is 18.0. The highest BCUT2D eigenvalue weighted by molar-refractivity contribution is 5.80. The first kappa shape index (κ1) is 25.7. The first-order valence-corrected chi connectivity index (χ1v) is 12.2. The molecule has 12 heteroatoms. The third-order valence-electron chi connectivity index (χ3n) is 6.50. The first-order valence-electron chi connectivity index (χ1n) is 12.2. The fourth-order valence-corrected chi connectivity index (χ4v) is 4.41. The second kappa shape index (κ2) is 9.75. The Labute approximate surface area is 217 Å². The Morgan fingerprint density at radius 2 is 1.61 bits per heavy atom. The van der Waals surface area contributed by atoms with Crippen molar-refractivity contribution in [2.75, 3.05) is 41.7 Å². The average Bonchev–Trinajstić information content (AvgIpc) is 3.26. The number of halogens is 4. The number of imidazole rings is 1. The van der Waals surface area contributed by atoms with Crippen LogP contribution in [0.4, 0.5) is 46.5 Å². The molecule has 200 valence electrons. The third-order valence-corrected chi connectivity index (χ3v) is 6.50. The lowest BCUT2D eigenvalue weighted by Crippen LogP contribution is -2.53. The Bertz CT molecular complexity index is 1420. The maximum absolute atomic E-state index is 13.6. The maximum Gasteiger partial charge on any atom is 0.419 e. The van der Waals surface area contributed by atoms with E-state index in [4.69, 9.17) is 0 Å². The lowest BCUT2D eigenvalue weighted by Gasteiger charge is -2.42. The molecule has 1 saturated heterocycles. The Morgan fingerprint density at radius 1 is 0.868 bits per heavy atom. The van der Waals surface area contributed by atoms with Gasteiger partial charge in [-0.3, -0.25) is 4.90 Å². The normalized spacial score (nSPS) is 15.2. The summed E-state index contributed by atoms with van der Waals surface area (Å²) in [4.78, 5) is 21.1. The van der Waals surface area contributed by atoms with Crippen molar-refractivity contribution in [2.45, 2.75) is 32.5 Å². The van der Waals surface area contributed by atoms with Crippen LogP contribution in [-0.4, -0.2) is 56.6 Å². The Kier molecular flexibility index (Phi) is 6.59. The van der Waals surface area contributed by atoms with Crippen LogP contribution in [0.1, 0.15) is 26.3 Å². The average molecular weight is 529 g/mol. The Hall–Kier alpha value is -3.93. The molecule has 5 rings (SSSR count). The highest BCUT2D eigenvalue weighted by atomic mass is 19.4. The molecular weight excluding hydrogens is 500 g/mol. The van der Waals surface area contributed by atoms with Gasteiger partial charge in [0.05, 0.1) is 34.7 Å². The quantitative estimate of drug-likeness (QED) is 0.277. The number of anilines is 5. The van der Waals surface area contributed by atoms with Crippen molar-refractivity contribution in [3.63, 3.8) is 0 Å². The van der Waals surface area contributed by atoms with Crippen molar-refractivity contribution >= 4 is 40.0 Å². The van der Waals surface area contributed by atoms with Crippen LogP contribution < -0.4 is 15.5 Å². The van der Waals surface area contributed by atoms with Gasteiger partial charge < -0.3 is 20.5 Å². The molecule has 0 spiro atoms. The molecule has 0 unspecified atom stereocenters. The zero-order valence-electron chi connectivity index (χ0n) is 21.2. The van der Waals surface area contributed by atoms with E-state index in [1.165, 1.54) is 12.3 Å². The summed E-state index contributed by atoms with van der Waals surface area (Å²) in [5, 5.41) is 5.90. The highest BCUT2D eigenvalue weighted by Crippen LogP contribution is 2.33. The van der Waals surface area contributed by atoms with E-state index >= 15 is 0 Å². The van der Waals surface area contributed by atoms with Crippen molar-refractivity contribution in [1.82, 2.24) is 24.8 Å². The van der Waals surface area contributed by atoms with E-state index in [0.29, 0.717) is 28.9 Å². The number of fused-ring (bicyclic) bond motifs is 1. The number of rotatable bonds is 5. The fraction of sp³-hybridized carbons (Fsp3) is 0.346. The van der Waals surface area contributed by atoms with Gasteiger partial charge in [-0.25, -0.2) is 19.3 Å². The number of nitrogens with one attached hydrogen (secondary N) is 3. The van der Waals surface area contributed by atoms with Gasteiger partial charge in [0.25, 0.3) is 0 Å². The zero-order chi connectivity index (χ0) is 27.1. The molecule has 0 saturated carbocycles. The topological polar surface area (TPSA) is 85.0 Å². The van der Waals surface area contributed by atoms with E-state index < -0.39 is 17.6 Å². The smallest absolute Gasteiger partial charge is 0.368 e. The van der Waals surface area contributed by atoms with Crippen LogP contribution in [-0.2, 0) is 6.18 Å². The van der Waals surface area contributed by atoms with Gasteiger partial charge in [-0.1, -0.05) is 0 Å². The summed E-state index contributed by atoms with van der Waals surface area (Å²) >= 11 is 0. The van der Waals surface area contributed by atoms with Crippen LogP contribution in [0.5, 0.6) is 0 Å². The summed E-state index contributed by atoms with van der Waals surface area (Å²) in [6.45, 7) is 10.6. The SMILES string of the molecule is CC(C)(C)N1CCN(c2ccc(Nc3nc4cc(Nc5ccc(F)c(C(F)(F)F)c5)ncc4[nH]3)nc2)CC1. The van der Waals surface area contributed by atoms with E-state index in [9.17, 15) is 17.6 Å². The van der Waals surface area contributed by atoms with Crippen molar-refractivity contribution in [2.24, 2.45) is 0 Å². The van der Waals surface area contributed by atoms with Crippen LogP contribution in [0.25, 0.3) is 11.0 Å². The monoisotopic (exact) mass is 528 g/mol. The standard InChI is InChI=1S/C26H28F4N8/c1-25(2,3)38-10-8-37(9-11-38)17-5-7-22(31-14-17)36-24-34-20-13-23(32-15-21(20)35-24)33-16-4-6-19(27)18(12-16)26(28,29)30/h4-7,12-15H,8-11H2,1-3H3,(H,32,33)(H2,31,34,35,36). The molecule has 1 aliphatic rings. The van der Waals surface area contributed by atoms with Crippen LogP contribution in [0.2, 0.25) is 0 Å². The molecule has 4 aromatic rings. The molecule has 3 N–H and O–H groups in total. The highest BCUT2D eigenvalue weighted by Gasteiger charge is 2.34. The van der Waals surface area contributed by atoms with Crippen LogP contribution in [0.3, 0.4) is 0 Å². The second-order valence-corrected chi connectivity index (χ2v) is 10.2. The van der Waals surface area contributed by atoms with Crippen molar-refractivity contribution in [1.29, 1.82) is 0 Å². The van der Waals surface area contributed by atoms with Gasteiger partial charge in [0.2, 0.25) is 5.95 Å². The molecular formula is C26H28F4N8. The van der Waals surface area contributed by atoms with Gasteiger partial charge in [-0.15, -0.1) is 0 Å². The number of H-pyrrole nitrogens is 1. The number of pyridine rings is 2. The Morgan fingerprint density at radius 3 is 2.26 bits per heavy atom. The minimum atomic E-state index is -4.80. The fourth-order valence-electron chi connectivity index (χ4n) is 4.41. The number of hydrogen-bond donors (Lipinski definition) is 3. The van der Waals surface area contributed by atoms with Crippen LogP contribution in [0, 0.1) is 5.82 Å². The molecule has 1 fully saturated rings. The molecule has 8 nitrogen and oxygen atoms in total. The zero-order valence-corrected chi connectivity index (χ0v) is 21.2. The Balaban J connectivity index is 1.25. The van der Waals surface area contributed by atoms with Gasteiger partial charge >= 0.3 is 6.18 Å². The molecule has 0 aliphatic carbocycles. The van der Waals surface area contributed by atoms with E-state index in [0.717, 1.165) is 37.9 Å². The lowest BCUT2D eigenvalue weighted by atomic mass is 10.0. The summed E-state index contributed by atoms with van der Waals surface area (Å²) in [6, 6.07) is 8.18. The number of benzene rings is 1. The predicted octanol–water partition coefficient (Wildman–Crippen LogP) is 5.92. The number of hydrogen-bond acceptors (Lipinski definition) is 7. The molecule has 0 amide bonds. The van der Waals surface area contributed by atoms with Crippen LogP contribution in [0.15, 0.2) is 48.8 Å². The molecule has 4 heterocycles. The minimum Gasteiger partial charge on any atom is -0.368 e. The molecule has 1 aliphatic heterocycles. The number of aromatic nitrogens is 4. The number of nitrogens with zero attached hydrogens (tertiary/aromatic N) is 5. The number of aromatic amines is 1. The molecule has 0 radical (unpaired) electrons. The molecule has 1 aromatic carbocycles. The largest absolute Gasteiger partial charge is 0.419 e. The van der Waals surface area contributed by atoms with Gasteiger partial charge in [-0.05, 0) is 51.1 Å². The summed E-state index contributed by atoms with van der Waals surface area (Å²) in [5.41, 5.74) is 1.10. The van der Waals surface area contributed by atoms with Gasteiger partial charge in [0.15, 0.2) is 0 Å². The summed E-state index contributed by atoms with van der Waals surface area (Å²) in [7, 11) is 0. The van der Waals surface area contributed by atoms with Gasteiger partial charge in [0, 0.05) is 43.5 Å². The minimum absolute atomic E-state index is 0.0589. The maximum atomic E-state index is 13.6. The van der Waals surface area contributed by atoms with E-state index in [2.05, 4.69) is 61.1 Å². The van der Waals surface area contributed by atoms with Crippen molar-refractivity contribution < 1.29 is 17.6 Å². The number of alkyl halides is 3. The van der Waals surface area contributed by atoms with E-state index in [-0.39, 0.29) is 17.0 Å². The summed E-state index contributed by atoms with van der Waals surface area (Å²) in [6.07, 6.45) is -1.45. The van der Waals surface area contributed by atoms with E-state index in [1.54, 1.807) is 6.07 Å². The van der Waals surface area contributed by atoms with Crippen molar-refractivity contribution in [3.8, 4) is 0 Å². The summed E-state index contributed by atoms with van der Waals surface area (Å²) < 4.78 is 52.6. The second-order valence-electron chi connectivity index (χ2n) is 10.2. The van der Waals surface area contributed by atoms with Gasteiger partial charge in [0.1, 0.15) is 17.5 Å². The summed E-state index contributed by atoms with van der Waals surface area (Å²) in [5.74, 6) is -0.0129. The predicted molar refractivity (Wildman–Crippen MR) is 140 cm³/mol. The number of piperazine rings is 1. The molecule has 38 heavy (non-hydrogen) atoms. The van der Waals surface area contributed by atoms with Crippen molar-refractivity contribution in [3.05, 3.63) is 60.2 Å². The van der Waals surface area contributed by atoms with Gasteiger partial charge in [-0.2, -0.15) is 13.2 Å². The van der Waals surface area contributed by atoms with E-state index in [1.807, 2.05) is 18.3 Å².